The van der Waals surface area contributed by atoms with Gasteiger partial charge in [-0.2, -0.15) is 0 Å². The van der Waals surface area contributed by atoms with Crippen LogP contribution in [0.3, 0.4) is 0 Å². The van der Waals surface area contributed by atoms with Crippen molar-refractivity contribution in [3.63, 3.8) is 0 Å². The highest BCUT2D eigenvalue weighted by molar-refractivity contribution is 5.78. The first-order valence-corrected chi connectivity index (χ1v) is 3.93. The third-order valence-electron chi connectivity index (χ3n) is 1.64. The van der Waals surface area contributed by atoms with Crippen LogP contribution in [0.5, 0.6) is 0 Å². The Labute approximate surface area is 72.7 Å². The van der Waals surface area contributed by atoms with Gasteiger partial charge in [-0.3, -0.25) is 4.79 Å². The largest absolute Gasteiger partial charge is 0.300 e. The maximum atomic E-state index is 10.8. The SMILES string of the molecule is C=Cc1cccc(CC(C)=O)c1. The molecule has 0 saturated heterocycles. The van der Waals surface area contributed by atoms with Crippen LogP contribution in [-0.2, 0) is 11.2 Å². The zero-order valence-corrected chi connectivity index (χ0v) is 7.21. The molecule has 1 aromatic rings. The van der Waals surface area contributed by atoms with E-state index in [1.165, 1.54) is 0 Å². The van der Waals surface area contributed by atoms with Gasteiger partial charge in [0.2, 0.25) is 0 Å². The molecule has 1 aromatic carbocycles. The summed E-state index contributed by atoms with van der Waals surface area (Å²) in [7, 11) is 0. The van der Waals surface area contributed by atoms with Gasteiger partial charge in [-0.25, -0.2) is 0 Å². The summed E-state index contributed by atoms with van der Waals surface area (Å²) in [5, 5.41) is 0. The highest BCUT2D eigenvalue weighted by atomic mass is 16.1. The van der Waals surface area contributed by atoms with Crippen LogP contribution < -0.4 is 0 Å². The van der Waals surface area contributed by atoms with E-state index < -0.39 is 0 Å². The number of hydrogen-bond donors (Lipinski definition) is 0. The lowest BCUT2D eigenvalue weighted by molar-refractivity contribution is -0.116. The zero-order valence-electron chi connectivity index (χ0n) is 7.21. The van der Waals surface area contributed by atoms with Crippen LogP contribution in [0.1, 0.15) is 18.1 Å². The van der Waals surface area contributed by atoms with E-state index in [1.807, 2.05) is 24.3 Å². The normalized spacial score (nSPS) is 9.42. The van der Waals surface area contributed by atoms with Crippen molar-refractivity contribution in [2.75, 3.05) is 0 Å². The second-order valence-electron chi connectivity index (χ2n) is 2.83. The summed E-state index contributed by atoms with van der Waals surface area (Å²) in [5.74, 6) is 0.191. The molecule has 0 aromatic heterocycles. The smallest absolute Gasteiger partial charge is 0.134 e. The first-order chi connectivity index (χ1) is 5.72. The van der Waals surface area contributed by atoms with Crippen molar-refractivity contribution in [2.45, 2.75) is 13.3 Å². The van der Waals surface area contributed by atoms with Gasteiger partial charge >= 0.3 is 0 Å². The molecule has 0 saturated carbocycles. The standard InChI is InChI=1S/C11H12O/c1-3-10-5-4-6-11(8-10)7-9(2)12/h3-6,8H,1,7H2,2H3. The fraction of sp³-hybridized carbons (Fsp3) is 0.182. The van der Waals surface area contributed by atoms with Gasteiger partial charge in [0, 0.05) is 6.42 Å². The maximum Gasteiger partial charge on any atom is 0.134 e. The molecule has 12 heavy (non-hydrogen) atoms. The number of rotatable bonds is 3. The van der Waals surface area contributed by atoms with Crippen molar-refractivity contribution < 1.29 is 4.79 Å². The molecule has 0 spiro atoms. The molecule has 0 radical (unpaired) electrons. The van der Waals surface area contributed by atoms with E-state index >= 15 is 0 Å². The Bertz CT molecular complexity index is 300. The molecule has 0 atom stereocenters. The fourth-order valence-electron chi connectivity index (χ4n) is 1.12. The number of hydrogen-bond acceptors (Lipinski definition) is 1. The van der Waals surface area contributed by atoms with E-state index in [0.29, 0.717) is 6.42 Å². The van der Waals surface area contributed by atoms with Crippen molar-refractivity contribution in [2.24, 2.45) is 0 Å². The predicted octanol–water partition coefficient (Wildman–Crippen LogP) is 2.46. The lowest BCUT2D eigenvalue weighted by Crippen LogP contribution is -1.95. The summed E-state index contributed by atoms with van der Waals surface area (Å²) >= 11 is 0. The van der Waals surface area contributed by atoms with Crippen LogP contribution in [-0.4, -0.2) is 5.78 Å². The molecular weight excluding hydrogens is 148 g/mol. The van der Waals surface area contributed by atoms with Gasteiger partial charge in [0.05, 0.1) is 0 Å². The molecule has 0 N–H and O–H groups in total. The first-order valence-electron chi connectivity index (χ1n) is 3.93. The third-order valence-corrected chi connectivity index (χ3v) is 1.64. The van der Waals surface area contributed by atoms with Crippen LogP contribution in [0.2, 0.25) is 0 Å². The van der Waals surface area contributed by atoms with E-state index in [4.69, 9.17) is 0 Å². The number of carbonyl (C=O) groups is 1. The van der Waals surface area contributed by atoms with Crippen LogP contribution >= 0.6 is 0 Å². The van der Waals surface area contributed by atoms with Crippen LogP contribution in [0, 0.1) is 0 Å². The minimum absolute atomic E-state index is 0.191. The van der Waals surface area contributed by atoms with Gasteiger partial charge in [-0.1, -0.05) is 36.9 Å². The van der Waals surface area contributed by atoms with E-state index in [9.17, 15) is 4.79 Å². The summed E-state index contributed by atoms with van der Waals surface area (Å²) in [6, 6.07) is 7.84. The second-order valence-corrected chi connectivity index (χ2v) is 2.83. The lowest BCUT2D eigenvalue weighted by atomic mass is 10.1. The highest BCUT2D eigenvalue weighted by Gasteiger charge is 1.96. The Morgan fingerprint density at radius 2 is 2.33 bits per heavy atom. The monoisotopic (exact) mass is 160 g/mol. The second kappa shape index (κ2) is 3.86. The first kappa shape index (κ1) is 8.72. The van der Waals surface area contributed by atoms with Crippen molar-refractivity contribution in [1.29, 1.82) is 0 Å². The van der Waals surface area contributed by atoms with Crippen molar-refractivity contribution >= 4 is 11.9 Å². The van der Waals surface area contributed by atoms with Crippen LogP contribution in [0.4, 0.5) is 0 Å². The lowest BCUT2D eigenvalue weighted by Gasteiger charge is -1.98. The number of ketones is 1. The number of benzene rings is 1. The van der Waals surface area contributed by atoms with E-state index in [-0.39, 0.29) is 5.78 Å². The summed E-state index contributed by atoms with van der Waals surface area (Å²) in [4.78, 5) is 10.8. The molecule has 1 rings (SSSR count). The van der Waals surface area contributed by atoms with Gasteiger partial charge in [0.1, 0.15) is 5.78 Å². The molecule has 1 nitrogen and oxygen atoms in total. The molecule has 0 aliphatic heterocycles. The van der Waals surface area contributed by atoms with E-state index in [2.05, 4.69) is 6.58 Å². The van der Waals surface area contributed by atoms with Gasteiger partial charge in [-0.05, 0) is 18.1 Å². The minimum Gasteiger partial charge on any atom is -0.300 e. The highest BCUT2D eigenvalue weighted by Crippen LogP contribution is 2.06. The Morgan fingerprint density at radius 1 is 1.58 bits per heavy atom. The van der Waals surface area contributed by atoms with Gasteiger partial charge in [-0.15, -0.1) is 0 Å². The average molecular weight is 160 g/mol. The molecule has 0 unspecified atom stereocenters. The Hall–Kier alpha value is -1.37. The molecule has 0 heterocycles. The predicted molar refractivity (Wildman–Crippen MR) is 50.9 cm³/mol. The van der Waals surface area contributed by atoms with Crippen LogP contribution in [0.15, 0.2) is 30.8 Å². The average Bonchev–Trinajstić information content (AvgIpc) is 2.03. The van der Waals surface area contributed by atoms with E-state index in [0.717, 1.165) is 11.1 Å². The molecule has 0 aliphatic rings. The number of carbonyl (C=O) groups excluding carboxylic acids is 1. The van der Waals surface area contributed by atoms with Crippen molar-refractivity contribution in [3.8, 4) is 0 Å². The Morgan fingerprint density at radius 3 is 2.92 bits per heavy atom. The molecule has 0 aliphatic carbocycles. The van der Waals surface area contributed by atoms with Gasteiger partial charge in [0.25, 0.3) is 0 Å². The third kappa shape index (κ3) is 2.35. The molecule has 0 fully saturated rings. The van der Waals surface area contributed by atoms with Gasteiger partial charge in [0.15, 0.2) is 0 Å². The summed E-state index contributed by atoms with van der Waals surface area (Å²) in [5.41, 5.74) is 2.12. The summed E-state index contributed by atoms with van der Waals surface area (Å²) < 4.78 is 0. The molecule has 0 bridgehead atoms. The van der Waals surface area contributed by atoms with Crippen LogP contribution in [0.25, 0.3) is 6.08 Å². The van der Waals surface area contributed by atoms with Crippen molar-refractivity contribution in [1.82, 2.24) is 0 Å². The zero-order chi connectivity index (χ0) is 8.97. The topological polar surface area (TPSA) is 17.1 Å². The quantitative estimate of drug-likeness (QED) is 0.663. The number of Topliss-reactive ketones (excluding diaryl/α,β-unsaturated/α-hetero) is 1. The summed E-state index contributed by atoms with van der Waals surface area (Å²) in [6.07, 6.45) is 2.30. The maximum absolute atomic E-state index is 10.8. The molecule has 62 valence electrons. The molecule has 1 heteroatoms. The fourth-order valence-corrected chi connectivity index (χ4v) is 1.12. The molecule has 0 amide bonds. The van der Waals surface area contributed by atoms with Gasteiger partial charge < -0.3 is 0 Å². The summed E-state index contributed by atoms with van der Waals surface area (Å²) in [6.45, 7) is 5.26. The minimum atomic E-state index is 0.191. The molecular formula is C11H12O. The Kier molecular flexibility index (Phi) is 2.81. The van der Waals surface area contributed by atoms with E-state index in [1.54, 1.807) is 13.0 Å². The van der Waals surface area contributed by atoms with Crippen molar-refractivity contribution in [3.05, 3.63) is 42.0 Å². The Balaban J connectivity index is 2.86.